The van der Waals surface area contributed by atoms with Crippen LogP contribution in [0.5, 0.6) is 0 Å². The van der Waals surface area contributed by atoms with Gasteiger partial charge in [-0.2, -0.15) is 0 Å². The molecule has 1 aromatic heterocycles. The zero-order chi connectivity index (χ0) is 18.7. The summed E-state index contributed by atoms with van der Waals surface area (Å²) >= 11 is 4.59. The predicted molar refractivity (Wildman–Crippen MR) is 108 cm³/mol. The molecule has 0 fully saturated rings. The number of aromatic nitrogens is 1. The van der Waals surface area contributed by atoms with Crippen LogP contribution in [0.15, 0.2) is 64.6 Å². The van der Waals surface area contributed by atoms with Gasteiger partial charge in [0.15, 0.2) is 6.20 Å². The molecule has 0 atom stereocenters. The summed E-state index contributed by atoms with van der Waals surface area (Å²) in [5, 5.41) is 3.10. The molecule has 3 aromatic rings. The van der Waals surface area contributed by atoms with Gasteiger partial charge in [-0.25, -0.2) is 8.96 Å². The van der Waals surface area contributed by atoms with Gasteiger partial charge in [0.2, 0.25) is 5.69 Å². The molecule has 0 aliphatic rings. The number of hydrogen-bond acceptors (Lipinski definition) is 2. The van der Waals surface area contributed by atoms with Crippen molar-refractivity contribution in [3.63, 3.8) is 0 Å². The van der Waals surface area contributed by atoms with Gasteiger partial charge < -0.3 is 5.32 Å². The number of nitrogens with zero attached hydrogens (tertiary/aromatic N) is 2. The second-order valence-corrected chi connectivity index (χ2v) is 6.59. The molecule has 0 spiro atoms. The molecule has 0 radical (unpaired) electrons. The zero-order valence-corrected chi connectivity index (χ0v) is 15.9. The lowest BCUT2D eigenvalue weighted by atomic mass is 9.97. The lowest BCUT2D eigenvalue weighted by molar-refractivity contribution is -0.660. The van der Waals surface area contributed by atoms with E-state index in [0.717, 1.165) is 33.0 Å². The Balaban J connectivity index is 2.13. The Labute approximate surface area is 158 Å². The number of aliphatic imine (C=N–C) groups is 1. The van der Waals surface area contributed by atoms with Crippen molar-refractivity contribution in [2.75, 3.05) is 12.4 Å². The van der Waals surface area contributed by atoms with Crippen LogP contribution in [0.4, 0.5) is 10.1 Å². The van der Waals surface area contributed by atoms with Gasteiger partial charge in [-0.15, -0.1) is 12.6 Å². The second kappa shape index (κ2) is 7.70. The van der Waals surface area contributed by atoms with Crippen molar-refractivity contribution in [2.45, 2.75) is 11.8 Å². The topological polar surface area (TPSA) is 28.3 Å². The van der Waals surface area contributed by atoms with E-state index < -0.39 is 0 Å². The molecule has 0 aliphatic heterocycles. The lowest BCUT2D eigenvalue weighted by Crippen LogP contribution is -2.31. The molecule has 0 saturated carbocycles. The van der Waals surface area contributed by atoms with Crippen molar-refractivity contribution in [2.24, 2.45) is 12.0 Å². The SMILES string of the molecule is CN=CNc1ccc(-c2ccc[n+](C)c2-c2ccc(F)c(C)c2)cc1S. The molecule has 1 N–H and O–H groups in total. The number of nitrogens with one attached hydrogen (secondary N) is 1. The Morgan fingerprint density at radius 1 is 1.12 bits per heavy atom. The average Bonchev–Trinajstić information content (AvgIpc) is 2.63. The maximum atomic E-state index is 13.7. The molecule has 3 nitrogen and oxygen atoms in total. The predicted octanol–water partition coefficient (Wildman–Crippen LogP) is 4.65. The molecular weight excluding hydrogens is 345 g/mol. The average molecular weight is 366 g/mol. The van der Waals surface area contributed by atoms with E-state index in [-0.39, 0.29) is 5.82 Å². The first-order chi connectivity index (χ1) is 12.5. The normalized spacial score (nSPS) is 11.1. The summed E-state index contributed by atoms with van der Waals surface area (Å²) in [6, 6.07) is 15.3. The monoisotopic (exact) mass is 366 g/mol. The molecule has 0 unspecified atom stereocenters. The number of thiol groups is 1. The highest BCUT2D eigenvalue weighted by Gasteiger charge is 2.18. The van der Waals surface area contributed by atoms with Crippen LogP contribution in [0.3, 0.4) is 0 Å². The minimum atomic E-state index is -0.195. The van der Waals surface area contributed by atoms with E-state index in [1.54, 1.807) is 20.3 Å². The van der Waals surface area contributed by atoms with Gasteiger partial charge in [-0.1, -0.05) is 6.07 Å². The van der Waals surface area contributed by atoms with Crippen LogP contribution in [-0.2, 0) is 7.05 Å². The minimum Gasteiger partial charge on any atom is -0.346 e. The highest BCUT2D eigenvalue weighted by molar-refractivity contribution is 7.80. The fourth-order valence-electron chi connectivity index (χ4n) is 2.95. The summed E-state index contributed by atoms with van der Waals surface area (Å²) in [4.78, 5) is 4.76. The summed E-state index contributed by atoms with van der Waals surface area (Å²) in [6.45, 7) is 1.78. The Hall–Kier alpha value is -2.66. The van der Waals surface area contributed by atoms with Crippen molar-refractivity contribution in [3.05, 3.63) is 66.1 Å². The van der Waals surface area contributed by atoms with E-state index in [2.05, 4.69) is 33.6 Å². The molecule has 0 saturated heterocycles. The third kappa shape index (κ3) is 3.63. The molecule has 0 bridgehead atoms. The summed E-state index contributed by atoms with van der Waals surface area (Å²) in [5.41, 5.74) is 5.63. The number of hydrogen-bond donors (Lipinski definition) is 2. The number of pyridine rings is 1. The Bertz CT molecular complexity index is 983. The first-order valence-electron chi connectivity index (χ1n) is 8.27. The van der Waals surface area contributed by atoms with Crippen LogP contribution in [0.2, 0.25) is 0 Å². The third-order valence-electron chi connectivity index (χ3n) is 4.27. The molecule has 1 heterocycles. The number of benzene rings is 2. The molecule has 132 valence electrons. The van der Waals surface area contributed by atoms with Crippen LogP contribution in [0.1, 0.15) is 5.56 Å². The van der Waals surface area contributed by atoms with E-state index in [0.29, 0.717) is 5.56 Å². The Kier molecular flexibility index (Phi) is 5.38. The van der Waals surface area contributed by atoms with Crippen LogP contribution in [-0.4, -0.2) is 13.4 Å². The van der Waals surface area contributed by atoms with Gasteiger partial charge in [0, 0.05) is 23.6 Å². The lowest BCUT2D eigenvalue weighted by Gasteiger charge is -2.11. The van der Waals surface area contributed by atoms with E-state index in [4.69, 9.17) is 0 Å². The van der Waals surface area contributed by atoms with Gasteiger partial charge >= 0.3 is 0 Å². The highest BCUT2D eigenvalue weighted by atomic mass is 32.1. The molecule has 0 amide bonds. The third-order valence-corrected chi connectivity index (χ3v) is 4.64. The number of halogens is 1. The summed E-state index contributed by atoms with van der Waals surface area (Å²) in [7, 11) is 3.70. The fraction of sp³-hybridized carbons (Fsp3) is 0.143. The first-order valence-corrected chi connectivity index (χ1v) is 8.71. The zero-order valence-electron chi connectivity index (χ0n) is 15.0. The Morgan fingerprint density at radius 2 is 1.88 bits per heavy atom. The molecule has 2 aromatic carbocycles. The highest BCUT2D eigenvalue weighted by Crippen LogP contribution is 2.33. The van der Waals surface area contributed by atoms with Crippen molar-refractivity contribution < 1.29 is 8.96 Å². The molecule has 3 rings (SSSR count). The van der Waals surface area contributed by atoms with Crippen molar-refractivity contribution in [1.82, 2.24) is 0 Å². The molecule has 0 aliphatic carbocycles. The van der Waals surface area contributed by atoms with E-state index in [1.807, 2.05) is 49.6 Å². The number of anilines is 1. The van der Waals surface area contributed by atoms with E-state index in [9.17, 15) is 4.39 Å². The Morgan fingerprint density at radius 3 is 2.58 bits per heavy atom. The van der Waals surface area contributed by atoms with Gasteiger partial charge in [0.05, 0.1) is 17.6 Å². The van der Waals surface area contributed by atoms with Gasteiger partial charge in [0.1, 0.15) is 12.9 Å². The maximum Gasteiger partial charge on any atom is 0.220 e. The van der Waals surface area contributed by atoms with Gasteiger partial charge in [0.25, 0.3) is 0 Å². The van der Waals surface area contributed by atoms with E-state index in [1.165, 1.54) is 6.07 Å². The standard InChI is InChI=1S/C21H20FN3S/c1-14-11-16(6-8-18(14)22)21-17(5-4-10-25(21)3)15-7-9-19(20(26)12-15)24-13-23-2/h4-13H,1-3H3,(H-,23,24,26)/p+1. The van der Waals surface area contributed by atoms with Crippen LogP contribution in [0.25, 0.3) is 22.4 Å². The van der Waals surface area contributed by atoms with Crippen LogP contribution in [0, 0.1) is 12.7 Å². The second-order valence-electron chi connectivity index (χ2n) is 6.11. The quantitative estimate of drug-likeness (QED) is 0.299. The largest absolute Gasteiger partial charge is 0.346 e. The fourth-order valence-corrected chi connectivity index (χ4v) is 3.23. The summed E-state index contributed by atoms with van der Waals surface area (Å²) in [6.07, 6.45) is 3.62. The number of aryl methyl sites for hydroxylation is 2. The van der Waals surface area contributed by atoms with E-state index >= 15 is 0 Å². The van der Waals surface area contributed by atoms with Gasteiger partial charge in [-0.05, 0) is 54.4 Å². The van der Waals surface area contributed by atoms with Crippen molar-refractivity contribution >= 4 is 24.7 Å². The summed E-state index contributed by atoms with van der Waals surface area (Å²) < 4.78 is 15.8. The molecular formula is C21H21FN3S+. The van der Waals surface area contributed by atoms with Crippen molar-refractivity contribution in [3.8, 4) is 22.4 Å². The maximum absolute atomic E-state index is 13.7. The molecule has 26 heavy (non-hydrogen) atoms. The number of rotatable bonds is 4. The minimum absolute atomic E-state index is 0.195. The van der Waals surface area contributed by atoms with Crippen LogP contribution < -0.4 is 9.88 Å². The van der Waals surface area contributed by atoms with Crippen LogP contribution >= 0.6 is 12.6 Å². The first kappa shape index (κ1) is 18.1. The van der Waals surface area contributed by atoms with Gasteiger partial charge in [-0.3, -0.25) is 4.99 Å². The van der Waals surface area contributed by atoms with Crippen molar-refractivity contribution in [1.29, 1.82) is 0 Å². The molecule has 5 heteroatoms. The summed E-state index contributed by atoms with van der Waals surface area (Å²) in [5.74, 6) is -0.195. The smallest absolute Gasteiger partial charge is 0.220 e.